The van der Waals surface area contributed by atoms with E-state index in [2.05, 4.69) is 16.4 Å². The van der Waals surface area contributed by atoms with E-state index in [9.17, 15) is 9.47 Å². The number of hydrogen-bond acceptors (Lipinski definition) is 4. The Bertz CT molecular complexity index is 698. The molecule has 0 amide bonds. The van der Waals surface area contributed by atoms with Crippen molar-refractivity contribution < 1.29 is 4.21 Å². The third-order valence-electron chi connectivity index (χ3n) is 3.63. The molecular weight excluding hydrogens is 270 g/mol. The van der Waals surface area contributed by atoms with Gasteiger partial charge in [0, 0.05) is 39.9 Å². The molecule has 1 N–H and O–H groups in total. The molecule has 2 heterocycles. The van der Waals surface area contributed by atoms with Gasteiger partial charge in [0.25, 0.3) is 0 Å². The molecule has 0 atom stereocenters. The lowest BCUT2D eigenvalue weighted by atomic mass is 10.1. The first-order chi connectivity index (χ1) is 9.78. The van der Waals surface area contributed by atoms with Crippen molar-refractivity contribution in [3.05, 3.63) is 36.0 Å². The highest BCUT2D eigenvalue weighted by Crippen LogP contribution is 2.27. The van der Waals surface area contributed by atoms with Crippen LogP contribution in [0.5, 0.6) is 0 Å². The predicted molar refractivity (Wildman–Crippen MR) is 81.0 cm³/mol. The van der Waals surface area contributed by atoms with Crippen LogP contribution < -0.4 is 5.32 Å². The van der Waals surface area contributed by atoms with Crippen molar-refractivity contribution in [1.82, 2.24) is 4.98 Å². The molecule has 1 aromatic carbocycles. The number of nitrogens with zero attached hydrogens (tertiary/aromatic N) is 2. The van der Waals surface area contributed by atoms with Crippen molar-refractivity contribution in [3.8, 4) is 6.07 Å². The Balaban J connectivity index is 1.97. The third kappa shape index (κ3) is 2.52. The highest BCUT2D eigenvalue weighted by atomic mass is 32.2. The van der Waals surface area contributed by atoms with Crippen LogP contribution in [0.3, 0.4) is 0 Å². The summed E-state index contributed by atoms with van der Waals surface area (Å²) in [6.45, 7) is 0. The lowest BCUT2D eigenvalue weighted by Gasteiger charge is -2.24. The number of hydrogen-bond donors (Lipinski definition) is 1. The monoisotopic (exact) mass is 285 g/mol. The van der Waals surface area contributed by atoms with Gasteiger partial charge in [0.05, 0.1) is 16.8 Å². The van der Waals surface area contributed by atoms with E-state index in [1.54, 1.807) is 6.20 Å². The molecule has 0 saturated carbocycles. The van der Waals surface area contributed by atoms with E-state index in [0.717, 1.165) is 40.9 Å². The summed E-state index contributed by atoms with van der Waals surface area (Å²) in [6, 6.07) is 10.3. The molecule has 3 rings (SSSR count). The van der Waals surface area contributed by atoms with Crippen molar-refractivity contribution >= 4 is 27.4 Å². The van der Waals surface area contributed by atoms with Crippen LogP contribution in [0.2, 0.25) is 0 Å². The first kappa shape index (κ1) is 13.1. The molecule has 1 aromatic heterocycles. The maximum atomic E-state index is 11.4. The molecule has 1 saturated heterocycles. The number of anilines is 1. The third-order valence-corrected chi connectivity index (χ3v) is 5.01. The number of nitriles is 1. The van der Waals surface area contributed by atoms with Crippen molar-refractivity contribution in [2.24, 2.45) is 0 Å². The van der Waals surface area contributed by atoms with Gasteiger partial charge in [-0.3, -0.25) is 9.19 Å². The summed E-state index contributed by atoms with van der Waals surface area (Å²) >= 11 is 0. The molecule has 4 nitrogen and oxygen atoms in total. The summed E-state index contributed by atoms with van der Waals surface area (Å²) in [4.78, 5) is 4.31. The van der Waals surface area contributed by atoms with Crippen LogP contribution in [0.15, 0.2) is 30.5 Å². The normalized spacial score (nSPS) is 22.4. The molecule has 5 heteroatoms. The first-order valence-corrected chi connectivity index (χ1v) is 8.16. The standard InChI is InChI=1S/C15H15N3OS/c16-9-11-10-17-14-4-2-1-3-13(14)15(11)18-12-5-7-20(19)8-6-12/h1-4,10,12H,5-8H2,(H,17,18). The van der Waals surface area contributed by atoms with Crippen molar-refractivity contribution in [2.75, 3.05) is 16.8 Å². The average molecular weight is 285 g/mol. The molecule has 1 fully saturated rings. The highest BCUT2D eigenvalue weighted by molar-refractivity contribution is 7.85. The van der Waals surface area contributed by atoms with Crippen molar-refractivity contribution in [2.45, 2.75) is 18.9 Å². The fraction of sp³-hybridized carbons (Fsp3) is 0.333. The van der Waals surface area contributed by atoms with E-state index in [1.165, 1.54) is 0 Å². The summed E-state index contributed by atoms with van der Waals surface area (Å²) in [5.74, 6) is 1.48. The number of benzene rings is 1. The largest absolute Gasteiger partial charge is 0.381 e. The van der Waals surface area contributed by atoms with Crippen LogP contribution in [-0.2, 0) is 10.8 Å². The SMILES string of the molecule is N#Cc1cnc2ccccc2c1NC1CCS(=O)CC1. The summed E-state index contributed by atoms with van der Waals surface area (Å²) in [7, 11) is -0.671. The Morgan fingerprint density at radius 2 is 2.05 bits per heavy atom. The van der Waals surface area contributed by atoms with Gasteiger partial charge < -0.3 is 5.32 Å². The molecule has 20 heavy (non-hydrogen) atoms. The van der Waals surface area contributed by atoms with Gasteiger partial charge in [-0.15, -0.1) is 0 Å². The van der Waals surface area contributed by atoms with Crippen molar-refractivity contribution in [3.63, 3.8) is 0 Å². The van der Waals surface area contributed by atoms with Gasteiger partial charge in [-0.25, -0.2) is 0 Å². The molecule has 1 aliphatic heterocycles. The quantitative estimate of drug-likeness (QED) is 0.920. The van der Waals surface area contributed by atoms with E-state index < -0.39 is 10.8 Å². The van der Waals surface area contributed by atoms with Gasteiger partial charge in [0.2, 0.25) is 0 Å². The van der Waals surface area contributed by atoms with Crippen LogP contribution in [0.4, 0.5) is 5.69 Å². The Labute approximate surface area is 120 Å². The van der Waals surface area contributed by atoms with Gasteiger partial charge >= 0.3 is 0 Å². The second-order valence-corrected chi connectivity index (χ2v) is 6.64. The van der Waals surface area contributed by atoms with E-state index in [0.29, 0.717) is 5.56 Å². The fourth-order valence-corrected chi connectivity index (χ4v) is 3.82. The smallest absolute Gasteiger partial charge is 0.103 e. The number of nitrogens with one attached hydrogen (secondary N) is 1. The van der Waals surface area contributed by atoms with Gasteiger partial charge in [-0.2, -0.15) is 5.26 Å². The van der Waals surface area contributed by atoms with Gasteiger partial charge in [0.1, 0.15) is 6.07 Å². The number of pyridine rings is 1. The number of aromatic nitrogens is 1. The van der Waals surface area contributed by atoms with E-state index in [4.69, 9.17) is 0 Å². The zero-order valence-electron chi connectivity index (χ0n) is 11.0. The summed E-state index contributed by atoms with van der Waals surface area (Å²) in [5, 5.41) is 13.7. The van der Waals surface area contributed by atoms with Gasteiger partial charge in [-0.1, -0.05) is 18.2 Å². The molecule has 102 valence electrons. The molecule has 0 bridgehead atoms. The second-order valence-electron chi connectivity index (χ2n) is 4.94. The zero-order valence-corrected chi connectivity index (χ0v) is 11.8. The molecule has 0 unspecified atom stereocenters. The maximum absolute atomic E-state index is 11.4. The number of para-hydroxylation sites is 1. The lowest BCUT2D eigenvalue weighted by Crippen LogP contribution is -2.29. The Morgan fingerprint density at radius 3 is 2.80 bits per heavy atom. The number of fused-ring (bicyclic) bond motifs is 1. The predicted octanol–water partition coefficient (Wildman–Crippen LogP) is 2.43. The van der Waals surface area contributed by atoms with Crippen LogP contribution in [-0.4, -0.2) is 26.7 Å². The van der Waals surface area contributed by atoms with Crippen LogP contribution in [0.1, 0.15) is 18.4 Å². The number of rotatable bonds is 2. The molecular formula is C15H15N3OS. The van der Waals surface area contributed by atoms with Crippen molar-refractivity contribution in [1.29, 1.82) is 5.26 Å². The van der Waals surface area contributed by atoms with E-state index >= 15 is 0 Å². The summed E-state index contributed by atoms with van der Waals surface area (Å²) < 4.78 is 11.4. The van der Waals surface area contributed by atoms with E-state index in [1.807, 2.05) is 24.3 Å². The van der Waals surface area contributed by atoms with Crippen LogP contribution >= 0.6 is 0 Å². The molecule has 0 spiro atoms. The Morgan fingerprint density at radius 1 is 1.30 bits per heavy atom. The van der Waals surface area contributed by atoms with Crippen LogP contribution in [0, 0.1) is 11.3 Å². The van der Waals surface area contributed by atoms with E-state index in [-0.39, 0.29) is 6.04 Å². The van der Waals surface area contributed by atoms with Gasteiger partial charge in [-0.05, 0) is 18.9 Å². The van der Waals surface area contributed by atoms with Crippen LogP contribution in [0.25, 0.3) is 10.9 Å². The highest BCUT2D eigenvalue weighted by Gasteiger charge is 2.19. The minimum atomic E-state index is -0.671. The topological polar surface area (TPSA) is 65.8 Å². The molecule has 0 aliphatic carbocycles. The Hall–Kier alpha value is -1.93. The first-order valence-electron chi connectivity index (χ1n) is 6.67. The fourth-order valence-electron chi connectivity index (χ4n) is 2.52. The average Bonchev–Trinajstić information content (AvgIpc) is 2.50. The molecule has 2 aromatic rings. The van der Waals surface area contributed by atoms with Gasteiger partial charge in [0.15, 0.2) is 0 Å². The minimum Gasteiger partial charge on any atom is -0.381 e. The zero-order chi connectivity index (χ0) is 13.9. The second kappa shape index (κ2) is 5.59. The Kier molecular flexibility index (Phi) is 3.66. The molecule has 0 radical (unpaired) electrons. The molecule has 1 aliphatic rings. The summed E-state index contributed by atoms with van der Waals surface area (Å²) in [5.41, 5.74) is 2.31. The maximum Gasteiger partial charge on any atom is 0.103 e. The summed E-state index contributed by atoms with van der Waals surface area (Å²) in [6.07, 6.45) is 3.38. The lowest BCUT2D eigenvalue weighted by molar-refractivity contribution is 0.624. The minimum absolute atomic E-state index is 0.283.